The van der Waals surface area contributed by atoms with Gasteiger partial charge in [-0.1, -0.05) is 41.9 Å². The Morgan fingerprint density at radius 3 is 2.38 bits per heavy atom. The summed E-state index contributed by atoms with van der Waals surface area (Å²) < 4.78 is 27.3. The van der Waals surface area contributed by atoms with Gasteiger partial charge in [-0.05, 0) is 17.7 Å². The second kappa shape index (κ2) is 8.75. The van der Waals surface area contributed by atoms with Gasteiger partial charge >= 0.3 is 0 Å². The summed E-state index contributed by atoms with van der Waals surface area (Å²) in [5.74, 6) is 1.25. The summed E-state index contributed by atoms with van der Waals surface area (Å²) in [6.45, 7) is 1.46. The molecule has 5 nitrogen and oxygen atoms in total. The predicted octanol–water partition coefficient (Wildman–Crippen LogP) is 3.17. The van der Waals surface area contributed by atoms with E-state index in [2.05, 4.69) is 0 Å². The van der Waals surface area contributed by atoms with E-state index in [4.69, 9.17) is 11.6 Å². The number of hydrogen-bond acceptors (Lipinski definition) is 5. The first-order valence-electron chi connectivity index (χ1n) is 8.12. The van der Waals surface area contributed by atoms with Crippen LogP contribution in [-0.4, -0.2) is 55.5 Å². The van der Waals surface area contributed by atoms with Gasteiger partial charge in [0, 0.05) is 31.9 Å². The summed E-state index contributed by atoms with van der Waals surface area (Å²) in [5.41, 5.74) is 1.19. The molecule has 0 aliphatic carbocycles. The zero-order chi connectivity index (χ0) is 18.6. The van der Waals surface area contributed by atoms with Crippen molar-refractivity contribution in [2.24, 2.45) is 0 Å². The Bertz CT molecular complexity index is 847. The molecular formula is C17H19ClN2O3S3. The fourth-order valence-electron chi connectivity index (χ4n) is 2.66. The lowest BCUT2D eigenvalue weighted by Crippen LogP contribution is -2.50. The molecule has 1 aliphatic heterocycles. The molecule has 2 heterocycles. The molecule has 3 rings (SSSR count). The van der Waals surface area contributed by atoms with Crippen molar-refractivity contribution in [3.63, 3.8) is 0 Å². The van der Waals surface area contributed by atoms with Gasteiger partial charge in [-0.2, -0.15) is 4.31 Å². The van der Waals surface area contributed by atoms with Gasteiger partial charge in [0.2, 0.25) is 5.91 Å². The van der Waals surface area contributed by atoms with Crippen LogP contribution in [0.3, 0.4) is 0 Å². The number of thioether (sulfide) groups is 1. The van der Waals surface area contributed by atoms with E-state index in [-0.39, 0.29) is 10.1 Å². The van der Waals surface area contributed by atoms with E-state index in [9.17, 15) is 13.2 Å². The zero-order valence-electron chi connectivity index (χ0n) is 14.0. The molecule has 0 radical (unpaired) electrons. The SMILES string of the molecule is O=C(CSCc1ccccc1)N1CCN(S(=O)(=O)c2ccc(Cl)s2)CC1. The minimum absolute atomic E-state index is 0.0575. The molecule has 1 fully saturated rings. The monoisotopic (exact) mass is 430 g/mol. The number of piperazine rings is 1. The first kappa shape index (κ1) is 19.7. The van der Waals surface area contributed by atoms with Gasteiger partial charge in [0.1, 0.15) is 4.21 Å². The summed E-state index contributed by atoms with van der Waals surface area (Å²) in [5, 5.41) is 0. The number of thiophene rings is 1. The minimum atomic E-state index is -3.52. The van der Waals surface area contributed by atoms with Gasteiger partial charge < -0.3 is 4.90 Å². The molecule has 1 saturated heterocycles. The number of benzene rings is 1. The number of sulfonamides is 1. The van der Waals surface area contributed by atoms with Gasteiger partial charge in [-0.3, -0.25) is 4.79 Å². The highest BCUT2D eigenvalue weighted by Gasteiger charge is 2.30. The Morgan fingerprint density at radius 1 is 1.08 bits per heavy atom. The van der Waals surface area contributed by atoms with Crippen LogP contribution in [0.15, 0.2) is 46.7 Å². The quantitative estimate of drug-likeness (QED) is 0.706. The molecule has 0 unspecified atom stereocenters. The third-order valence-corrected chi connectivity index (χ3v) is 8.66. The van der Waals surface area contributed by atoms with Gasteiger partial charge in [0.15, 0.2) is 0 Å². The second-order valence-electron chi connectivity index (χ2n) is 5.82. The van der Waals surface area contributed by atoms with Crippen LogP contribution < -0.4 is 0 Å². The smallest absolute Gasteiger partial charge is 0.252 e. The lowest BCUT2D eigenvalue weighted by molar-refractivity contribution is -0.129. The van der Waals surface area contributed by atoms with E-state index in [1.807, 2.05) is 30.3 Å². The van der Waals surface area contributed by atoms with Gasteiger partial charge in [0.05, 0.1) is 10.1 Å². The molecule has 26 heavy (non-hydrogen) atoms. The van der Waals surface area contributed by atoms with E-state index < -0.39 is 10.0 Å². The average molecular weight is 431 g/mol. The fourth-order valence-corrected chi connectivity index (χ4v) is 6.61. The van der Waals surface area contributed by atoms with E-state index >= 15 is 0 Å². The van der Waals surface area contributed by atoms with Crippen LogP contribution >= 0.6 is 34.7 Å². The molecular weight excluding hydrogens is 412 g/mol. The maximum Gasteiger partial charge on any atom is 0.252 e. The number of hydrogen-bond donors (Lipinski definition) is 0. The Labute approximate surface area is 167 Å². The van der Waals surface area contributed by atoms with Crippen LogP contribution in [0, 0.1) is 0 Å². The maximum atomic E-state index is 12.6. The maximum absolute atomic E-state index is 12.6. The van der Waals surface area contributed by atoms with Crippen LogP contribution in [0.5, 0.6) is 0 Å². The molecule has 1 amide bonds. The van der Waals surface area contributed by atoms with Crippen molar-refractivity contribution >= 4 is 50.6 Å². The average Bonchev–Trinajstić information content (AvgIpc) is 3.10. The zero-order valence-corrected chi connectivity index (χ0v) is 17.2. The van der Waals surface area contributed by atoms with Crippen LogP contribution in [-0.2, 0) is 20.6 Å². The Kier molecular flexibility index (Phi) is 6.63. The van der Waals surface area contributed by atoms with E-state index in [1.165, 1.54) is 15.9 Å². The van der Waals surface area contributed by atoms with Gasteiger partial charge in [0.25, 0.3) is 10.0 Å². The minimum Gasteiger partial charge on any atom is -0.339 e. The number of amides is 1. The molecule has 0 saturated carbocycles. The van der Waals surface area contributed by atoms with Crippen LogP contribution in [0.25, 0.3) is 0 Å². The molecule has 0 N–H and O–H groups in total. The van der Waals surface area contributed by atoms with Crippen molar-refractivity contribution in [1.29, 1.82) is 0 Å². The highest BCUT2D eigenvalue weighted by molar-refractivity contribution is 7.99. The van der Waals surface area contributed by atoms with E-state index in [1.54, 1.807) is 22.7 Å². The van der Waals surface area contributed by atoms with Crippen molar-refractivity contribution in [2.45, 2.75) is 9.96 Å². The molecule has 1 aromatic carbocycles. The molecule has 1 aliphatic rings. The molecule has 140 valence electrons. The number of carbonyl (C=O) groups excluding carboxylic acids is 1. The van der Waals surface area contributed by atoms with Crippen LogP contribution in [0.2, 0.25) is 4.34 Å². The molecule has 2 aromatic rings. The number of halogens is 1. The number of nitrogens with zero attached hydrogens (tertiary/aromatic N) is 2. The molecule has 0 bridgehead atoms. The summed E-state index contributed by atoms with van der Waals surface area (Å²) in [6, 6.07) is 13.1. The largest absolute Gasteiger partial charge is 0.339 e. The summed E-state index contributed by atoms with van der Waals surface area (Å²) in [7, 11) is -3.52. The van der Waals surface area contributed by atoms with Crippen molar-refractivity contribution in [3.8, 4) is 0 Å². The van der Waals surface area contributed by atoms with Crippen molar-refractivity contribution in [2.75, 3.05) is 31.9 Å². The highest BCUT2D eigenvalue weighted by atomic mass is 35.5. The number of carbonyl (C=O) groups is 1. The lowest BCUT2D eigenvalue weighted by Gasteiger charge is -2.33. The molecule has 9 heteroatoms. The molecule has 0 spiro atoms. The Hall–Kier alpha value is -1.06. The van der Waals surface area contributed by atoms with Crippen molar-refractivity contribution < 1.29 is 13.2 Å². The van der Waals surface area contributed by atoms with E-state index in [0.29, 0.717) is 36.3 Å². The first-order valence-corrected chi connectivity index (χ1v) is 11.9. The first-order chi connectivity index (χ1) is 12.5. The normalized spacial score (nSPS) is 16.0. The number of rotatable bonds is 6. The fraction of sp³-hybridized carbons (Fsp3) is 0.353. The van der Waals surface area contributed by atoms with Crippen molar-refractivity contribution in [3.05, 3.63) is 52.4 Å². The topological polar surface area (TPSA) is 57.7 Å². The predicted molar refractivity (Wildman–Crippen MR) is 107 cm³/mol. The summed E-state index contributed by atoms with van der Waals surface area (Å²) in [4.78, 5) is 14.1. The Balaban J connectivity index is 1.48. The summed E-state index contributed by atoms with van der Waals surface area (Å²) in [6.07, 6.45) is 0. The van der Waals surface area contributed by atoms with Crippen LogP contribution in [0.4, 0.5) is 0 Å². The van der Waals surface area contributed by atoms with E-state index in [0.717, 1.165) is 17.1 Å². The molecule has 1 aromatic heterocycles. The van der Waals surface area contributed by atoms with Crippen LogP contribution in [0.1, 0.15) is 5.56 Å². The lowest BCUT2D eigenvalue weighted by atomic mass is 10.2. The summed E-state index contributed by atoms with van der Waals surface area (Å²) >= 11 is 8.48. The Morgan fingerprint density at radius 2 is 1.77 bits per heavy atom. The standard InChI is InChI=1S/C17H19ClN2O3S3/c18-15-6-7-17(25-15)26(22,23)20-10-8-19(9-11-20)16(21)13-24-12-14-4-2-1-3-5-14/h1-7H,8-13H2. The van der Waals surface area contributed by atoms with Gasteiger partial charge in [-0.25, -0.2) is 8.42 Å². The van der Waals surface area contributed by atoms with Crippen molar-refractivity contribution in [1.82, 2.24) is 9.21 Å². The molecule has 0 atom stereocenters. The third kappa shape index (κ3) is 4.80. The van der Waals surface area contributed by atoms with Gasteiger partial charge in [-0.15, -0.1) is 23.1 Å². The second-order valence-corrected chi connectivity index (χ2v) is 10.7. The third-order valence-electron chi connectivity index (χ3n) is 4.07. The highest BCUT2D eigenvalue weighted by Crippen LogP contribution is 2.28.